The molecular weight excluding hydrogens is 717 g/mol. The van der Waals surface area contributed by atoms with Crippen molar-refractivity contribution >= 4 is 34.1 Å². The Morgan fingerprint density at radius 2 is 0.483 bits per heavy atom. The summed E-state index contributed by atoms with van der Waals surface area (Å²) in [5, 5.41) is 0. The van der Waals surface area contributed by atoms with Crippen molar-refractivity contribution in [3.8, 4) is 11.1 Å². The molecule has 6 aromatic carbocycles. The Morgan fingerprint density at radius 3 is 0.672 bits per heavy atom. The van der Waals surface area contributed by atoms with E-state index < -0.39 is 0 Å². The molecular formula is C52H52N2O4. The van der Waals surface area contributed by atoms with Crippen LogP contribution in [0.3, 0.4) is 0 Å². The van der Waals surface area contributed by atoms with E-state index in [1.807, 2.05) is 0 Å². The zero-order valence-corrected chi connectivity index (χ0v) is 33.2. The standard InChI is InChI=1S/C52H52N2O4/c1-5-33-55-37-41-9-21-47(22-10-41)53(48-23-11-42(12-24-48)38-56-34-6-2)51-29-17-45(18-30-51)46-19-31-52(32-20-46)54(49-25-13-43(14-26-49)39-57-35-7-3)50-27-15-44(16-28-50)40-58-36-8-4/h5-32H,1-4,33-40H2. The Morgan fingerprint density at radius 1 is 0.293 bits per heavy atom. The third-order valence-corrected chi connectivity index (χ3v) is 9.38. The van der Waals surface area contributed by atoms with Gasteiger partial charge in [-0.25, -0.2) is 0 Å². The van der Waals surface area contributed by atoms with Gasteiger partial charge in [0.15, 0.2) is 0 Å². The van der Waals surface area contributed by atoms with E-state index in [4.69, 9.17) is 18.9 Å². The number of nitrogens with zero attached hydrogens (tertiary/aromatic N) is 2. The normalized spacial score (nSPS) is 10.8. The van der Waals surface area contributed by atoms with Gasteiger partial charge in [-0.2, -0.15) is 0 Å². The predicted molar refractivity (Wildman–Crippen MR) is 241 cm³/mol. The summed E-state index contributed by atoms with van der Waals surface area (Å²) in [7, 11) is 0. The molecule has 0 radical (unpaired) electrons. The highest BCUT2D eigenvalue weighted by atomic mass is 16.5. The van der Waals surface area contributed by atoms with Crippen molar-refractivity contribution in [3.63, 3.8) is 0 Å². The number of ether oxygens (including phenoxy) is 4. The van der Waals surface area contributed by atoms with Crippen LogP contribution in [-0.2, 0) is 45.4 Å². The first kappa shape index (κ1) is 41.4. The Hall–Kier alpha value is -6.28. The van der Waals surface area contributed by atoms with Gasteiger partial charge in [0.2, 0.25) is 0 Å². The lowest BCUT2D eigenvalue weighted by Crippen LogP contribution is -2.10. The van der Waals surface area contributed by atoms with Gasteiger partial charge in [0.1, 0.15) is 0 Å². The minimum Gasteiger partial charge on any atom is -0.373 e. The van der Waals surface area contributed by atoms with Crippen molar-refractivity contribution in [1.29, 1.82) is 0 Å². The average molecular weight is 769 g/mol. The largest absolute Gasteiger partial charge is 0.373 e. The number of hydrogen-bond donors (Lipinski definition) is 0. The van der Waals surface area contributed by atoms with Crippen molar-refractivity contribution in [2.24, 2.45) is 0 Å². The second kappa shape index (κ2) is 21.9. The van der Waals surface area contributed by atoms with Gasteiger partial charge in [-0.05, 0) is 106 Å². The lowest BCUT2D eigenvalue weighted by Gasteiger charge is -2.26. The lowest BCUT2D eigenvalue weighted by molar-refractivity contribution is 0.149. The average Bonchev–Trinajstić information content (AvgIpc) is 3.27. The van der Waals surface area contributed by atoms with Gasteiger partial charge >= 0.3 is 0 Å². The van der Waals surface area contributed by atoms with Gasteiger partial charge in [-0.15, -0.1) is 26.3 Å². The quantitative estimate of drug-likeness (QED) is 0.0478. The van der Waals surface area contributed by atoms with Gasteiger partial charge in [-0.1, -0.05) is 97.1 Å². The molecule has 0 aromatic heterocycles. The van der Waals surface area contributed by atoms with Crippen LogP contribution in [0.25, 0.3) is 11.1 Å². The summed E-state index contributed by atoms with van der Waals surface area (Å²) in [5.74, 6) is 0. The highest BCUT2D eigenvalue weighted by molar-refractivity contribution is 5.81. The van der Waals surface area contributed by atoms with Crippen LogP contribution in [0.15, 0.2) is 196 Å². The monoisotopic (exact) mass is 768 g/mol. The molecule has 0 atom stereocenters. The van der Waals surface area contributed by atoms with E-state index in [2.05, 4.69) is 182 Å². The minimum absolute atomic E-state index is 0.520. The molecule has 0 saturated carbocycles. The smallest absolute Gasteiger partial charge is 0.0721 e. The topological polar surface area (TPSA) is 43.4 Å². The molecule has 0 saturated heterocycles. The van der Waals surface area contributed by atoms with E-state index in [1.54, 1.807) is 24.3 Å². The summed E-state index contributed by atoms with van der Waals surface area (Å²) in [6, 6.07) is 51.5. The fraction of sp³-hybridized carbons (Fsp3) is 0.154. The molecule has 0 fully saturated rings. The fourth-order valence-electron chi connectivity index (χ4n) is 6.51. The number of hydrogen-bond acceptors (Lipinski definition) is 6. The van der Waals surface area contributed by atoms with Crippen molar-refractivity contribution in [1.82, 2.24) is 0 Å². The van der Waals surface area contributed by atoms with Crippen LogP contribution in [0.4, 0.5) is 34.1 Å². The molecule has 0 heterocycles. The van der Waals surface area contributed by atoms with Crippen molar-refractivity contribution in [2.75, 3.05) is 36.2 Å². The molecule has 0 amide bonds. The summed E-state index contributed by atoms with van der Waals surface area (Å²) < 4.78 is 22.7. The highest BCUT2D eigenvalue weighted by Crippen LogP contribution is 2.38. The molecule has 6 nitrogen and oxygen atoms in total. The van der Waals surface area contributed by atoms with Crippen LogP contribution < -0.4 is 9.80 Å². The third-order valence-electron chi connectivity index (χ3n) is 9.38. The van der Waals surface area contributed by atoms with Crippen LogP contribution in [0.5, 0.6) is 0 Å². The van der Waals surface area contributed by atoms with Crippen molar-refractivity contribution in [2.45, 2.75) is 26.4 Å². The molecule has 0 spiro atoms. The number of benzene rings is 6. The van der Waals surface area contributed by atoms with E-state index in [1.165, 1.54) is 0 Å². The molecule has 58 heavy (non-hydrogen) atoms. The van der Waals surface area contributed by atoms with Gasteiger partial charge in [-0.3, -0.25) is 0 Å². The molecule has 294 valence electrons. The van der Waals surface area contributed by atoms with E-state index in [0.717, 1.165) is 67.5 Å². The molecule has 0 bridgehead atoms. The molecule has 6 rings (SSSR count). The van der Waals surface area contributed by atoms with Crippen LogP contribution in [0, 0.1) is 0 Å². The maximum Gasteiger partial charge on any atom is 0.0721 e. The van der Waals surface area contributed by atoms with E-state index in [0.29, 0.717) is 52.9 Å². The zero-order chi connectivity index (χ0) is 40.4. The van der Waals surface area contributed by atoms with Crippen LogP contribution in [0.2, 0.25) is 0 Å². The third kappa shape index (κ3) is 11.4. The van der Waals surface area contributed by atoms with Gasteiger partial charge in [0.05, 0.1) is 52.9 Å². The highest BCUT2D eigenvalue weighted by Gasteiger charge is 2.16. The fourth-order valence-corrected chi connectivity index (χ4v) is 6.51. The number of anilines is 6. The predicted octanol–water partition coefficient (Wildman–Crippen LogP) is 13.1. The van der Waals surface area contributed by atoms with Crippen molar-refractivity contribution < 1.29 is 18.9 Å². The Balaban J connectivity index is 1.26. The summed E-state index contributed by atoms with van der Waals surface area (Å²) in [4.78, 5) is 4.53. The first-order chi connectivity index (χ1) is 28.6. The summed E-state index contributed by atoms with van der Waals surface area (Å²) in [5.41, 5.74) is 13.0. The Bertz CT molecular complexity index is 1900. The van der Waals surface area contributed by atoms with Crippen LogP contribution >= 0.6 is 0 Å². The molecule has 0 aliphatic carbocycles. The van der Waals surface area contributed by atoms with Crippen molar-refractivity contribution in [3.05, 3.63) is 218 Å². The van der Waals surface area contributed by atoms with Crippen LogP contribution in [-0.4, -0.2) is 26.4 Å². The summed E-state index contributed by atoms with van der Waals surface area (Å²) >= 11 is 0. The Kier molecular flexibility index (Phi) is 15.6. The minimum atomic E-state index is 0.520. The maximum absolute atomic E-state index is 5.69. The molecule has 6 heteroatoms. The van der Waals surface area contributed by atoms with E-state index in [9.17, 15) is 0 Å². The van der Waals surface area contributed by atoms with E-state index >= 15 is 0 Å². The Labute approximate surface area is 344 Å². The first-order valence-electron chi connectivity index (χ1n) is 19.5. The number of rotatable bonds is 23. The molecule has 0 aliphatic rings. The van der Waals surface area contributed by atoms with Gasteiger partial charge < -0.3 is 28.7 Å². The zero-order valence-electron chi connectivity index (χ0n) is 33.2. The van der Waals surface area contributed by atoms with Crippen LogP contribution in [0.1, 0.15) is 22.3 Å². The second-order valence-electron chi connectivity index (χ2n) is 13.6. The maximum atomic E-state index is 5.69. The lowest BCUT2D eigenvalue weighted by atomic mass is 10.0. The van der Waals surface area contributed by atoms with Gasteiger partial charge in [0, 0.05) is 34.1 Å². The molecule has 6 aromatic rings. The summed E-state index contributed by atoms with van der Waals surface area (Å²) in [6.07, 6.45) is 7.06. The van der Waals surface area contributed by atoms with E-state index in [-0.39, 0.29) is 0 Å². The molecule has 0 aliphatic heterocycles. The van der Waals surface area contributed by atoms with Gasteiger partial charge in [0.25, 0.3) is 0 Å². The summed E-state index contributed by atoms with van der Waals surface area (Å²) in [6.45, 7) is 19.2. The SMILES string of the molecule is C=CCOCc1ccc(N(c2ccc(COCC=C)cc2)c2ccc(-c3ccc(N(c4ccc(COCC=C)cc4)c4ccc(COCC=C)cc4)cc3)cc2)cc1. The molecule has 0 unspecified atom stereocenters. The second-order valence-corrected chi connectivity index (χ2v) is 13.6. The first-order valence-corrected chi connectivity index (χ1v) is 19.5. The molecule has 0 N–H and O–H groups in total.